The van der Waals surface area contributed by atoms with Crippen LogP contribution in [0.5, 0.6) is 11.5 Å². The Hall–Kier alpha value is -3.86. The van der Waals surface area contributed by atoms with Crippen LogP contribution in [0.25, 0.3) is 6.08 Å². The van der Waals surface area contributed by atoms with Crippen LogP contribution in [0.15, 0.2) is 78.9 Å². The summed E-state index contributed by atoms with van der Waals surface area (Å²) >= 11 is 0. The summed E-state index contributed by atoms with van der Waals surface area (Å²) in [5.74, 6) is -0.727. The average Bonchev–Trinajstić information content (AvgIpc) is 2.77. The van der Waals surface area contributed by atoms with Crippen LogP contribution >= 0.6 is 0 Å². The highest BCUT2D eigenvalue weighted by molar-refractivity contribution is 5.85. The van der Waals surface area contributed by atoms with Crippen LogP contribution in [-0.2, 0) is 22.6 Å². The van der Waals surface area contributed by atoms with Crippen LogP contribution < -0.4 is 9.47 Å². The molecular weight excluding hydrogens is 392 g/mol. The Labute approximate surface area is 181 Å². The van der Waals surface area contributed by atoms with Crippen LogP contribution in [0, 0.1) is 6.92 Å². The fourth-order valence-corrected chi connectivity index (χ4v) is 2.90. The molecule has 0 aliphatic carbocycles. The zero-order valence-electron chi connectivity index (χ0n) is 17.3. The predicted octanol–water partition coefficient (Wildman–Crippen LogP) is 5.21. The van der Waals surface area contributed by atoms with Gasteiger partial charge in [-0.15, -0.1) is 0 Å². The topological polar surface area (TPSA) is 72.8 Å². The maximum absolute atomic E-state index is 12.4. The molecule has 31 heavy (non-hydrogen) atoms. The summed E-state index contributed by atoms with van der Waals surface area (Å²) in [4.78, 5) is 23.2. The molecule has 0 saturated carbocycles. The lowest BCUT2D eigenvalue weighted by Crippen LogP contribution is -2.10. The Balaban J connectivity index is 1.72. The summed E-state index contributed by atoms with van der Waals surface area (Å²) in [5.41, 5.74) is 3.81. The Morgan fingerprint density at radius 3 is 2.35 bits per heavy atom. The highest BCUT2D eigenvalue weighted by atomic mass is 16.6. The van der Waals surface area contributed by atoms with E-state index in [0.717, 1.165) is 22.8 Å². The van der Waals surface area contributed by atoms with Gasteiger partial charge in [-0.2, -0.15) is 0 Å². The Kier molecular flexibility index (Phi) is 7.60. The molecule has 0 radical (unpaired) electrons. The van der Waals surface area contributed by atoms with Gasteiger partial charge in [0.2, 0.25) is 0 Å². The van der Waals surface area contributed by atoms with Crippen LogP contribution in [-0.4, -0.2) is 17.0 Å². The molecule has 0 saturated heterocycles. The van der Waals surface area contributed by atoms with Gasteiger partial charge in [0.15, 0.2) is 11.5 Å². The van der Waals surface area contributed by atoms with Gasteiger partial charge in [-0.3, -0.25) is 4.79 Å². The van der Waals surface area contributed by atoms with Crippen molar-refractivity contribution in [1.82, 2.24) is 0 Å². The number of ether oxygens (including phenoxy) is 2. The summed E-state index contributed by atoms with van der Waals surface area (Å²) in [5, 5.41) is 8.86. The number of hydrogen-bond donors (Lipinski definition) is 1. The molecule has 5 heteroatoms. The third kappa shape index (κ3) is 7.16. The van der Waals surface area contributed by atoms with Crippen molar-refractivity contribution in [3.63, 3.8) is 0 Å². The maximum atomic E-state index is 12.4. The van der Waals surface area contributed by atoms with E-state index in [9.17, 15) is 9.59 Å². The van der Waals surface area contributed by atoms with Crippen molar-refractivity contribution < 1.29 is 24.2 Å². The lowest BCUT2D eigenvalue weighted by Gasteiger charge is -2.13. The minimum absolute atomic E-state index is 0.238. The van der Waals surface area contributed by atoms with Gasteiger partial charge in [-0.05, 0) is 48.2 Å². The SMILES string of the molecule is Cc1ccc(COc2cc(/C=C/C(=O)O)ccc2OC(=O)CCc2ccccc2)cc1. The number of carbonyl (C=O) groups excluding carboxylic acids is 1. The summed E-state index contributed by atoms with van der Waals surface area (Å²) in [6.45, 7) is 2.30. The monoisotopic (exact) mass is 416 g/mol. The molecule has 0 aromatic heterocycles. The second kappa shape index (κ2) is 10.8. The van der Waals surface area contributed by atoms with Crippen molar-refractivity contribution in [3.8, 4) is 11.5 Å². The summed E-state index contributed by atoms with van der Waals surface area (Å²) in [6.07, 6.45) is 3.33. The predicted molar refractivity (Wildman–Crippen MR) is 119 cm³/mol. The van der Waals surface area contributed by atoms with Crippen molar-refractivity contribution in [2.24, 2.45) is 0 Å². The molecule has 0 bridgehead atoms. The average molecular weight is 416 g/mol. The number of hydrogen-bond acceptors (Lipinski definition) is 4. The van der Waals surface area contributed by atoms with Gasteiger partial charge in [0.25, 0.3) is 0 Å². The zero-order chi connectivity index (χ0) is 22.1. The Morgan fingerprint density at radius 2 is 1.65 bits per heavy atom. The molecule has 0 aliphatic rings. The zero-order valence-corrected chi connectivity index (χ0v) is 17.3. The molecule has 0 unspecified atom stereocenters. The number of benzene rings is 3. The van der Waals surface area contributed by atoms with E-state index in [4.69, 9.17) is 14.6 Å². The molecule has 0 fully saturated rings. The lowest BCUT2D eigenvalue weighted by molar-refractivity contribution is -0.134. The van der Waals surface area contributed by atoms with E-state index < -0.39 is 5.97 Å². The molecule has 0 aliphatic heterocycles. The number of aryl methyl sites for hydroxylation is 2. The minimum Gasteiger partial charge on any atom is -0.485 e. The van der Waals surface area contributed by atoms with Gasteiger partial charge in [0, 0.05) is 12.5 Å². The van der Waals surface area contributed by atoms with E-state index in [1.54, 1.807) is 18.2 Å². The van der Waals surface area contributed by atoms with Gasteiger partial charge in [0.1, 0.15) is 6.61 Å². The molecule has 1 N–H and O–H groups in total. The van der Waals surface area contributed by atoms with Crippen molar-refractivity contribution >= 4 is 18.0 Å². The highest BCUT2D eigenvalue weighted by Crippen LogP contribution is 2.30. The standard InChI is InChI=1S/C26H24O5/c1-19-7-9-22(10-8-19)18-30-24-17-21(12-15-25(27)28)11-14-23(24)31-26(29)16-13-20-5-3-2-4-6-20/h2-12,14-15,17H,13,16,18H2,1H3,(H,27,28)/b15-12+. The van der Waals surface area contributed by atoms with Gasteiger partial charge in [-0.1, -0.05) is 66.2 Å². The van der Waals surface area contributed by atoms with Gasteiger partial charge < -0.3 is 14.6 Å². The highest BCUT2D eigenvalue weighted by Gasteiger charge is 2.12. The first kappa shape index (κ1) is 21.8. The first-order valence-corrected chi connectivity index (χ1v) is 9.97. The third-order valence-electron chi connectivity index (χ3n) is 4.59. The smallest absolute Gasteiger partial charge is 0.328 e. The molecule has 3 aromatic carbocycles. The summed E-state index contributed by atoms with van der Waals surface area (Å²) in [7, 11) is 0. The first-order chi connectivity index (χ1) is 15.0. The molecule has 3 rings (SSSR count). The van der Waals surface area contributed by atoms with E-state index in [1.165, 1.54) is 6.08 Å². The normalized spacial score (nSPS) is 10.7. The molecule has 0 heterocycles. The van der Waals surface area contributed by atoms with E-state index in [-0.39, 0.29) is 12.4 Å². The summed E-state index contributed by atoms with van der Waals surface area (Å²) < 4.78 is 11.5. The second-order valence-electron chi connectivity index (χ2n) is 7.11. The number of rotatable bonds is 9. The largest absolute Gasteiger partial charge is 0.485 e. The van der Waals surface area contributed by atoms with Gasteiger partial charge >= 0.3 is 11.9 Å². The van der Waals surface area contributed by atoms with E-state index >= 15 is 0 Å². The Bertz CT molecular complexity index is 1050. The molecule has 3 aromatic rings. The second-order valence-corrected chi connectivity index (χ2v) is 7.11. The van der Waals surface area contributed by atoms with Gasteiger partial charge in [-0.25, -0.2) is 4.79 Å². The molecule has 0 atom stereocenters. The number of carboxylic acid groups (broad SMARTS) is 1. The number of carbonyl (C=O) groups is 2. The van der Waals surface area contributed by atoms with Crippen LogP contribution in [0.1, 0.15) is 28.7 Å². The van der Waals surface area contributed by atoms with E-state index in [1.807, 2.05) is 61.5 Å². The first-order valence-electron chi connectivity index (χ1n) is 9.97. The number of carboxylic acids is 1. The van der Waals surface area contributed by atoms with Crippen molar-refractivity contribution in [2.45, 2.75) is 26.4 Å². The van der Waals surface area contributed by atoms with Crippen LogP contribution in [0.4, 0.5) is 0 Å². The van der Waals surface area contributed by atoms with Gasteiger partial charge in [0.05, 0.1) is 0 Å². The molecule has 0 amide bonds. The lowest BCUT2D eigenvalue weighted by atomic mass is 10.1. The van der Waals surface area contributed by atoms with Crippen LogP contribution in [0.3, 0.4) is 0 Å². The molecule has 0 spiro atoms. The van der Waals surface area contributed by atoms with E-state index in [2.05, 4.69) is 0 Å². The van der Waals surface area contributed by atoms with Crippen molar-refractivity contribution in [1.29, 1.82) is 0 Å². The minimum atomic E-state index is -1.04. The maximum Gasteiger partial charge on any atom is 0.328 e. The summed E-state index contributed by atoms with van der Waals surface area (Å²) in [6, 6.07) is 22.6. The van der Waals surface area contributed by atoms with Crippen molar-refractivity contribution in [2.75, 3.05) is 0 Å². The molecule has 158 valence electrons. The quantitative estimate of drug-likeness (QED) is 0.294. The number of aliphatic carboxylic acids is 1. The van der Waals surface area contributed by atoms with E-state index in [0.29, 0.717) is 30.1 Å². The number of esters is 1. The molecular formula is C26H24O5. The Morgan fingerprint density at radius 1 is 0.903 bits per heavy atom. The third-order valence-corrected chi connectivity index (χ3v) is 4.59. The fraction of sp³-hybridized carbons (Fsp3) is 0.154. The molecule has 5 nitrogen and oxygen atoms in total. The fourth-order valence-electron chi connectivity index (χ4n) is 2.90. The van der Waals surface area contributed by atoms with Crippen LogP contribution in [0.2, 0.25) is 0 Å². The van der Waals surface area contributed by atoms with Crippen molar-refractivity contribution in [3.05, 3.63) is 101 Å².